The van der Waals surface area contributed by atoms with E-state index >= 15 is 0 Å². The van der Waals surface area contributed by atoms with Gasteiger partial charge in [-0.15, -0.1) is 0 Å². The number of quaternary nitrogens is 1. The number of rotatable bonds is 14. The number of carbonyl (C=O) groups is 5. The summed E-state index contributed by atoms with van der Waals surface area (Å²) in [5.41, 5.74) is 14.0. The second kappa shape index (κ2) is 16.9. The summed E-state index contributed by atoms with van der Waals surface area (Å²) in [6.45, 7) is -1.49. The van der Waals surface area contributed by atoms with Crippen molar-refractivity contribution in [3.8, 4) is 0 Å². The number of primary amides is 2. The largest absolute Gasteiger partial charge is 0.454 e. The Kier molecular flexibility index (Phi) is 12.4. The predicted octanol–water partition coefficient (Wildman–Crippen LogP) is 5.10. The van der Waals surface area contributed by atoms with Gasteiger partial charge < -0.3 is 21.1 Å². The van der Waals surface area contributed by atoms with Gasteiger partial charge >= 0.3 is 11.9 Å². The number of hydrogen-bond acceptors (Lipinski definition) is 6. The number of halogens is 3. The molecule has 1 aliphatic rings. The third kappa shape index (κ3) is 8.85. The van der Waals surface area contributed by atoms with Gasteiger partial charge in [0.15, 0.2) is 13.2 Å². The smallest absolute Gasteiger partial charge is 0.330 e. The zero-order chi connectivity index (χ0) is 37.4. The maximum Gasteiger partial charge on any atom is 0.330 e. The van der Waals surface area contributed by atoms with Gasteiger partial charge in [-0.25, -0.2) is 18.5 Å². The standard InChI is InChI=1S/C39H37Cl2FN4O6/c40-29-14-11-27(32(41)21-29)18-20-46(37(38(44)50)28-12-15-30(42)16-13-28)23-35(48)45(33(22-36(46)49)39(51)52-24-34(43)47)19-17-31(25-7-3-1-4-8-25)26-9-5-2-6-10-26/h1-16,21,31,33,37H,17-20,22-24H2,(H3-,43,44,47,50)/p+1. The normalized spacial score (nSPS) is 18.2. The molecule has 52 heavy (non-hydrogen) atoms. The Labute approximate surface area is 310 Å². The number of benzene rings is 4. The minimum atomic E-state index is -1.47. The van der Waals surface area contributed by atoms with Gasteiger partial charge in [-0.3, -0.25) is 14.4 Å². The van der Waals surface area contributed by atoms with Gasteiger partial charge in [-0.2, -0.15) is 0 Å². The number of ether oxygens (including phenoxy) is 1. The van der Waals surface area contributed by atoms with Crippen molar-refractivity contribution in [1.29, 1.82) is 0 Å². The molecule has 0 radical (unpaired) electrons. The molecule has 1 aliphatic heterocycles. The lowest BCUT2D eigenvalue weighted by Crippen LogP contribution is -2.61. The Morgan fingerprint density at radius 3 is 2.04 bits per heavy atom. The van der Waals surface area contributed by atoms with Crippen LogP contribution in [0.25, 0.3) is 0 Å². The van der Waals surface area contributed by atoms with E-state index in [0.717, 1.165) is 23.3 Å². The van der Waals surface area contributed by atoms with E-state index in [1.54, 1.807) is 12.1 Å². The first-order valence-electron chi connectivity index (χ1n) is 16.6. The van der Waals surface area contributed by atoms with Crippen LogP contribution in [0, 0.1) is 5.82 Å². The van der Waals surface area contributed by atoms with E-state index in [1.807, 2.05) is 60.7 Å². The van der Waals surface area contributed by atoms with Crippen LogP contribution in [0.5, 0.6) is 0 Å². The number of hydrogen-bond donors (Lipinski definition) is 2. The molecule has 270 valence electrons. The zero-order valence-corrected chi connectivity index (χ0v) is 29.6. The predicted molar refractivity (Wildman–Crippen MR) is 193 cm³/mol. The number of esters is 1. The summed E-state index contributed by atoms with van der Waals surface area (Å²) >= 11 is 12.6. The van der Waals surface area contributed by atoms with E-state index in [0.29, 0.717) is 22.0 Å². The van der Waals surface area contributed by atoms with Crippen molar-refractivity contribution in [3.63, 3.8) is 0 Å². The molecule has 4 N–H and O–H groups in total. The lowest BCUT2D eigenvalue weighted by molar-refractivity contribution is -0.868. The molecule has 0 bridgehead atoms. The van der Waals surface area contributed by atoms with Crippen LogP contribution in [-0.2, 0) is 35.1 Å². The maximum absolute atomic E-state index is 14.8. The maximum atomic E-state index is 14.8. The van der Waals surface area contributed by atoms with Crippen LogP contribution in [0.4, 0.5) is 4.39 Å². The number of amides is 4. The van der Waals surface area contributed by atoms with Crippen LogP contribution in [0.1, 0.15) is 47.1 Å². The van der Waals surface area contributed by atoms with Crippen LogP contribution < -0.4 is 11.5 Å². The molecule has 3 atom stereocenters. The molecule has 4 aromatic rings. The van der Waals surface area contributed by atoms with E-state index in [4.69, 9.17) is 39.4 Å². The highest BCUT2D eigenvalue weighted by Gasteiger charge is 2.54. The highest BCUT2D eigenvalue weighted by molar-refractivity contribution is 6.35. The highest BCUT2D eigenvalue weighted by atomic mass is 35.5. The van der Waals surface area contributed by atoms with Gasteiger partial charge in [0.2, 0.25) is 6.04 Å². The quantitative estimate of drug-likeness (QED) is 0.136. The van der Waals surface area contributed by atoms with Crippen LogP contribution in [0.3, 0.4) is 0 Å². The minimum absolute atomic E-state index is 0.00228. The summed E-state index contributed by atoms with van der Waals surface area (Å²) < 4.78 is 18.5. The minimum Gasteiger partial charge on any atom is -0.454 e. The van der Waals surface area contributed by atoms with Crippen molar-refractivity contribution in [3.05, 3.63) is 141 Å². The van der Waals surface area contributed by atoms with Crippen LogP contribution >= 0.6 is 23.2 Å². The second-order valence-corrected chi connectivity index (χ2v) is 13.5. The Bertz CT molecular complexity index is 1890. The fraction of sp³-hybridized carbons (Fsp3) is 0.256. The Hall–Kier alpha value is -5.10. The lowest BCUT2D eigenvalue weighted by Gasteiger charge is -2.40. The molecule has 1 saturated heterocycles. The summed E-state index contributed by atoms with van der Waals surface area (Å²) in [6, 6.07) is 26.1. The second-order valence-electron chi connectivity index (χ2n) is 12.7. The van der Waals surface area contributed by atoms with E-state index in [-0.39, 0.29) is 31.0 Å². The molecule has 1 heterocycles. The zero-order valence-electron chi connectivity index (χ0n) is 28.1. The van der Waals surface area contributed by atoms with Gasteiger partial charge in [-0.05, 0) is 59.5 Å². The fourth-order valence-electron chi connectivity index (χ4n) is 6.90. The summed E-state index contributed by atoms with van der Waals surface area (Å²) in [4.78, 5) is 69.4. The lowest BCUT2D eigenvalue weighted by atomic mass is 9.88. The fourth-order valence-corrected chi connectivity index (χ4v) is 7.40. The topological polar surface area (TPSA) is 150 Å². The third-order valence-electron chi connectivity index (χ3n) is 9.41. The molecule has 0 saturated carbocycles. The number of nitrogens with zero attached hydrogens (tertiary/aromatic N) is 2. The molecule has 4 amide bonds. The van der Waals surface area contributed by atoms with Crippen molar-refractivity contribution in [2.24, 2.45) is 11.5 Å². The Balaban J connectivity index is 1.59. The molecule has 3 unspecified atom stereocenters. The number of carbonyl (C=O) groups excluding carboxylic acids is 5. The molecular weight excluding hydrogens is 710 g/mol. The molecule has 0 aromatic heterocycles. The van der Waals surface area contributed by atoms with Crippen molar-refractivity contribution in [2.75, 3.05) is 26.2 Å². The molecule has 1 fully saturated rings. The van der Waals surface area contributed by atoms with Crippen molar-refractivity contribution < 1.29 is 37.6 Å². The van der Waals surface area contributed by atoms with E-state index in [9.17, 15) is 28.4 Å². The molecule has 4 aromatic carbocycles. The molecule has 10 nitrogen and oxygen atoms in total. The van der Waals surface area contributed by atoms with Crippen LogP contribution in [0.2, 0.25) is 10.0 Å². The first-order chi connectivity index (χ1) is 24.9. The number of nitrogens with two attached hydrogens (primary N) is 2. The van der Waals surface area contributed by atoms with E-state index < -0.39 is 71.6 Å². The Morgan fingerprint density at radius 1 is 0.865 bits per heavy atom. The SMILES string of the molecule is NC(=O)COC(=O)C1CC(=O)[N+](CCc2ccc(Cl)cc2Cl)(C(C(N)=O)c2ccc(F)cc2)CC(=O)N1CCC(c1ccccc1)c1ccccc1. The summed E-state index contributed by atoms with van der Waals surface area (Å²) in [6.07, 6.45) is -0.143. The van der Waals surface area contributed by atoms with Crippen LogP contribution in [0.15, 0.2) is 103 Å². The monoisotopic (exact) mass is 747 g/mol. The van der Waals surface area contributed by atoms with E-state index in [2.05, 4.69) is 0 Å². The molecule has 0 aliphatic carbocycles. The molecular formula is C39H38Cl2FN4O6+. The third-order valence-corrected chi connectivity index (χ3v) is 10.0. The van der Waals surface area contributed by atoms with Crippen molar-refractivity contribution >= 4 is 52.8 Å². The summed E-state index contributed by atoms with van der Waals surface area (Å²) in [5.74, 6) is -4.96. The van der Waals surface area contributed by atoms with Gasteiger partial charge in [0.25, 0.3) is 17.7 Å². The Morgan fingerprint density at radius 2 is 1.48 bits per heavy atom. The summed E-state index contributed by atoms with van der Waals surface area (Å²) in [7, 11) is 0. The molecule has 0 spiro atoms. The van der Waals surface area contributed by atoms with Crippen LogP contribution in [-0.4, -0.2) is 71.3 Å². The average Bonchev–Trinajstić information content (AvgIpc) is 3.22. The van der Waals surface area contributed by atoms with Crippen molar-refractivity contribution in [2.45, 2.75) is 37.3 Å². The molecule has 13 heteroatoms. The first kappa shape index (κ1) is 38.1. The van der Waals surface area contributed by atoms with Gasteiger partial charge in [0.1, 0.15) is 11.9 Å². The average molecular weight is 749 g/mol. The van der Waals surface area contributed by atoms with Gasteiger partial charge in [0.05, 0.1) is 13.0 Å². The molecule has 5 rings (SSSR count). The van der Waals surface area contributed by atoms with Gasteiger partial charge in [-0.1, -0.05) is 89.9 Å². The summed E-state index contributed by atoms with van der Waals surface area (Å²) in [5, 5.41) is 0.691. The first-order valence-corrected chi connectivity index (χ1v) is 17.4. The van der Waals surface area contributed by atoms with E-state index in [1.165, 1.54) is 23.1 Å². The van der Waals surface area contributed by atoms with Crippen molar-refractivity contribution in [1.82, 2.24) is 4.90 Å². The highest BCUT2D eigenvalue weighted by Crippen LogP contribution is 2.36. The van der Waals surface area contributed by atoms with Gasteiger partial charge in [0, 0.05) is 34.5 Å².